The molecule has 1 N–H and O–H groups in total. The van der Waals surface area contributed by atoms with Crippen molar-refractivity contribution in [3.8, 4) is 0 Å². The maximum absolute atomic E-state index is 12.7. The largest absolute Gasteiger partial charge is 0.478 e. The van der Waals surface area contributed by atoms with Crippen molar-refractivity contribution in [2.45, 2.75) is 18.4 Å². The smallest absolute Gasteiger partial charge is 0.335 e. The molecule has 0 aliphatic carbocycles. The van der Waals surface area contributed by atoms with Gasteiger partial charge in [-0.15, -0.1) is 6.58 Å². The molecule has 2 atom stereocenters. The first-order valence-electron chi connectivity index (χ1n) is 8.05. The highest BCUT2D eigenvalue weighted by Gasteiger charge is 2.39. The lowest BCUT2D eigenvalue weighted by atomic mass is 9.84. The molecule has 134 valence electrons. The number of carbonyl (C=O) groups excluding carboxylic acids is 1. The van der Waals surface area contributed by atoms with E-state index in [9.17, 15) is 14.7 Å². The van der Waals surface area contributed by atoms with Crippen molar-refractivity contribution >= 4 is 35.1 Å². The third kappa shape index (κ3) is 3.11. The summed E-state index contributed by atoms with van der Waals surface area (Å²) in [6, 6.07) is 9.88. The third-order valence-corrected chi connectivity index (χ3v) is 5.50. The van der Waals surface area contributed by atoms with Crippen molar-refractivity contribution in [3.05, 3.63) is 81.4 Å². The Hall–Kier alpha value is -2.30. The molecule has 2 aromatic carbocycles. The third-order valence-electron chi connectivity index (χ3n) is 4.76. The summed E-state index contributed by atoms with van der Waals surface area (Å²) in [6.07, 6.45) is 2.43. The van der Waals surface area contributed by atoms with Crippen LogP contribution in [0.15, 0.2) is 49.1 Å². The van der Waals surface area contributed by atoms with Gasteiger partial charge < -0.3 is 10.0 Å². The number of carboxylic acid groups (broad SMARTS) is 1. The number of carbonyl (C=O) groups is 2. The SMILES string of the molecule is C=CCC(c1ccc(Cl)c(Cl)c1)C1c2ccc(C(=O)O)cc2C(=O)N1C. The highest BCUT2D eigenvalue weighted by Crippen LogP contribution is 2.45. The fourth-order valence-electron chi connectivity index (χ4n) is 3.51. The van der Waals surface area contributed by atoms with E-state index in [1.807, 2.05) is 6.07 Å². The maximum Gasteiger partial charge on any atom is 0.335 e. The van der Waals surface area contributed by atoms with Crippen LogP contribution in [0.2, 0.25) is 10.0 Å². The molecule has 0 fully saturated rings. The van der Waals surface area contributed by atoms with E-state index in [4.69, 9.17) is 23.2 Å². The van der Waals surface area contributed by atoms with Gasteiger partial charge in [0.2, 0.25) is 0 Å². The van der Waals surface area contributed by atoms with Crippen LogP contribution in [0.4, 0.5) is 0 Å². The minimum absolute atomic E-state index is 0.0758. The number of carboxylic acids is 1. The van der Waals surface area contributed by atoms with Gasteiger partial charge in [-0.05, 0) is 41.8 Å². The van der Waals surface area contributed by atoms with Crippen LogP contribution in [-0.4, -0.2) is 28.9 Å². The first kappa shape index (κ1) is 18.5. The molecule has 1 amide bonds. The molecule has 4 nitrogen and oxygen atoms in total. The first-order chi connectivity index (χ1) is 12.3. The number of benzene rings is 2. The number of allylic oxidation sites excluding steroid dienone is 1. The average Bonchev–Trinajstić information content (AvgIpc) is 2.86. The zero-order chi connectivity index (χ0) is 19.0. The molecule has 0 radical (unpaired) electrons. The number of likely N-dealkylation sites (N-methyl/N-ethyl adjacent to an activating group) is 1. The summed E-state index contributed by atoms with van der Waals surface area (Å²) in [4.78, 5) is 25.6. The Balaban J connectivity index is 2.11. The number of aromatic carboxylic acids is 1. The van der Waals surface area contributed by atoms with Crippen LogP contribution in [0.25, 0.3) is 0 Å². The molecule has 0 aromatic heterocycles. The Morgan fingerprint density at radius 2 is 2.00 bits per heavy atom. The second-order valence-corrected chi connectivity index (χ2v) is 7.09. The maximum atomic E-state index is 12.7. The van der Waals surface area contributed by atoms with Crippen LogP contribution in [0.1, 0.15) is 50.2 Å². The van der Waals surface area contributed by atoms with Gasteiger partial charge in [-0.3, -0.25) is 4.79 Å². The van der Waals surface area contributed by atoms with E-state index >= 15 is 0 Å². The molecule has 0 bridgehead atoms. The lowest BCUT2D eigenvalue weighted by Gasteiger charge is -2.30. The van der Waals surface area contributed by atoms with Crippen LogP contribution in [0.3, 0.4) is 0 Å². The predicted octanol–water partition coefficient (Wildman–Crippen LogP) is 5.18. The Kier molecular flexibility index (Phi) is 5.08. The molecule has 1 heterocycles. The molecule has 0 spiro atoms. The van der Waals surface area contributed by atoms with Gasteiger partial charge in [-0.2, -0.15) is 0 Å². The van der Waals surface area contributed by atoms with E-state index in [1.165, 1.54) is 12.1 Å². The molecule has 1 aliphatic heterocycles. The van der Waals surface area contributed by atoms with Gasteiger partial charge in [0.05, 0.1) is 21.7 Å². The Labute approximate surface area is 161 Å². The van der Waals surface area contributed by atoms with Crippen LogP contribution in [0.5, 0.6) is 0 Å². The second kappa shape index (κ2) is 7.14. The van der Waals surface area contributed by atoms with Crippen LogP contribution in [0, 0.1) is 0 Å². The Bertz CT molecular complexity index is 910. The van der Waals surface area contributed by atoms with Crippen LogP contribution < -0.4 is 0 Å². The fourth-order valence-corrected chi connectivity index (χ4v) is 3.82. The minimum atomic E-state index is -1.06. The van der Waals surface area contributed by atoms with E-state index in [-0.39, 0.29) is 23.4 Å². The standard InChI is InChI=1S/C20H17Cl2NO3/c1-3-4-13(11-6-8-16(21)17(22)10-11)18-14-7-5-12(20(25)26)9-15(14)19(24)23(18)2/h3,5-10,13,18H,1,4H2,2H3,(H,25,26). The van der Waals surface area contributed by atoms with Crippen molar-refractivity contribution in [1.82, 2.24) is 4.90 Å². The topological polar surface area (TPSA) is 57.6 Å². The molecule has 0 saturated carbocycles. The van der Waals surface area contributed by atoms with Crippen LogP contribution >= 0.6 is 23.2 Å². The average molecular weight is 390 g/mol. The molecular weight excluding hydrogens is 373 g/mol. The molecule has 6 heteroatoms. The number of rotatable bonds is 5. The summed E-state index contributed by atoms with van der Waals surface area (Å²) < 4.78 is 0. The highest BCUT2D eigenvalue weighted by atomic mass is 35.5. The molecule has 0 saturated heterocycles. The first-order valence-corrected chi connectivity index (χ1v) is 8.81. The van der Waals surface area contributed by atoms with Gasteiger partial charge in [0.15, 0.2) is 0 Å². The van der Waals surface area contributed by atoms with Crippen LogP contribution in [-0.2, 0) is 0 Å². The molecule has 3 rings (SSSR count). The number of fused-ring (bicyclic) bond motifs is 1. The van der Waals surface area contributed by atoms with Gasteiger partial charge >= 0.3 is 5.97 Å². The summed E-state index contributed by atoms with van der Waals surface area (Å²) in [6.45, 7) is 3.83. The van der Waals surface area contributed by atoms with Gasteiger partial charge in [-0.1, -0.05) is 41.4 Å². The summed E-state index contributed by atoms with van der Waals surface area (Å²) in [7, 11) is 1.72. The van der Waals surface area contributed by atoms with Crippen molar-refractivity contribution < 1.29 is 14.7 Å². The number of nitrogens with zero attached hydrogens (tertiary/aromatic N) is 1. The van der Waals surface area contributed by atoms with E-state index in [1.54, 1.807) is 36.2 Å². The number of hydrogen-bond acceptors (Lipinski definition) is 2. The monoisotopic (exact) mass is 389 g/mol. The molecular formula is C20H17Cl2NO3. The Morgan fingerprint density at radius 3 is 2.62 bits per heavy atom. The summed E-state index contributed by atoms with van der Waals surface area (Å²) >= 11 is 12.2. The Morgan fingerprint density at radius 1 is 1.27 bits per heavy atom. The zero-order valence-electron chi connectivity index (χ0n) is 14.1. The van der Waals surface area contributed by atoms with Crippen molar-refractivity contribution in [3.63, 3.8) is 0 Å². The van der Waals surface area contributed by atoms with Gasteiger partial charge in [0.25, 0.3) is 5.91 Å². The summed E-state index contributed by atoms with van der Waals surface area (Å²) in [5.41, 5.74) is 2.27. The molecule has 26 heavy (non-hydrogen) atoms. The quantitative estimate of drug-likeness (QED) is 0.716. The summed E-state index contributed by atoms with van der Waals surface area (Å²) in [5.74, 6) is -1.32. The van der Waals surface area contributed by atoms with Crippen molar-refractivity contribution in [2.75, 3.05) is 7.05 Å². The number of hydrogen-bond donors (Lipinski definition) is 1. The lowest BCUT2D eigenvalue weighted by Crippen LogP contribution is -2.27. The minimum Gasteiger partial charge on any atom is -0.478 e. The molecule has 1 aliphatic rings. The van der Waals surface area contributed by atoms with E-state index in [2.05, 4.69) is 6.58 Å². The van der Waals surface area contributed by atoms with Crippen molar-refractivity contribution in [2.24, 2.45) is 0 Å². The highest BCUT2D eigenvalue weighted by molar-refractivity contribution is 6.42. The van der Waals surface area contributed by atoms with E-state index in [0.717, 1.165) is 11.1 Å². The van der Waals surface area contributed by atoms with E-state index < -0.39 is 5.97 Å². The zero-order valence-corrected chi connectivity index (χ0v) is 15.6. The van der Waals surface area contributed by atoms with E-state index in [0.29, 0.717) is 22.0 Å². The molecule has 2 unspecified atom stereocenters. The van der Waals surface area contributed by atoms with Gasteiger partial charge in [0, 0.05) is 18.5 Å². The summed E-state index contributed by atoms with van der Waals surface area (Å²) in [5, 5.41) is 10.1. The number of amides is 1. The normalized spacial score (nSPS) is 17.1. The van der Waals surface area contributed by atoms with Crippen molar-refractivity contribution in [1.29, 1.82) is 0 Å². The second-order valence-electron chi connectivity index (χ2n) is 6.27. The van der Waals surface area contributed by atoms with Gasteiger partial charge in [0.1, 0.15) is 0 Å². The lowest BCUT2D eigenvalue weighted by molar-refractivity contribution is 0.0696. The fraction of sp³-hybridized carbons (Fsp3) is 0.200. The predicted molar refractivity (Wildman–Crippen MR) is 102 cm³/mol. The molecule has 2 aromatic rings. The van der Waals surface area contributed by atoms with Gasteiger partial charge in [-0.25, -0.2) is 4.79 Å². The number of halogens is 2.